The lowest BCUT2D eigenvalue weighted by atomic mass is 9.65. The molecule has 9 aromatic rings. The van der Waals surface area contributed by atoms with Gasteiger partial charge in [-0.3, -0.25) is 0 Å². The molecule has 0 unspecified atom stereocenters. The lowest BCUT2D eigenvalue weighted by Crippen LogP contribution is -2.75. The minimum Gasteiger partial charge on any atom is -0.456 e. The Balaban J connectivity index is 0.000000204. The summed E-state index contributed by atoms with van der Waals surface area (Å²) < 4.78 is 12.8. The minimum absolute atomic E-state index is 0. The summed E-state index contributed by atoms with van der Waals surface area (Å²) in [6, 6.07) is 78.5. The first kappa shape index (κ1) is 46.3. The van der Waals surface area contributed by atoms with Crippen molar-refractivity contribution in [2.75, 3.05) is 0 Å². The number of furan rings is 2. The van der Waals surface area contributed by atoms with Crippen LogP contribution in [0.2, 0.25) is 0 Å². The van der Waals surface area contributed by atoms with E-state index >= 15 is 0 Å². The van der Waals surface area contributed by atoms with Crippen LogP contribution in [0.1, 0.15) is 67.8 Å². The highest BCUT2D eigenvalue weighted by Gasteiger charge is 2.46. The van der Waals surface area contributed by atoms with Crippen molar-refractivity contribution in [3.63, 3.8) is 0 Å². The van der Waals surface area contributed by atoms with Gasteiger partial charge in [-0.2, -0.15) is 0 Å². The second-order valence-corrected chi connectivity index (χ2v) is 22.3. The largest absolute Gasteiger partial charge is 0.456 e. The summed E-state index contributed by atoms with van der Waals surface area (Å²) in [5, 5.41) is 5.33. The van der Waals surface area contributed by atoms with Crippen molar-refractivity contribution in [3.05, 3.63) is 230 Å². The van der Waals surface area contributed by atoms with Gasteiger partial charge in [0.2, 0.25) is 0 Å². The summed E-state index contributed by atoms with van der Waals surface area (Å²) in [5.74, 6) is 3.71. The lowest BCUT2D eigenvalue weighted by Gasteiger charge is -2.40. The summed E-state index contributed by atoms with van der Waals surface area (Å²) >= 11 is 0. The smallest absolute Gasteiger partial charge is 0.184 e. The Hall–Kier alpha value is -6.68. The van der Waals surface area contributed by atoms with E-state index in [1.165, 1.54) is 52.0 Å². The number of hydrogen-bond acceptors (Lipinski definition) is 2. The SMILES string of the molecule is C.CC1(C)CCCC(C)(C)C1.Cc1c(-c2ccccc2)oc(-c2ccccc2)c1[Si](c1ccccc1)(c1ccccc1)c1ccccc1.[2HH].c1ccc(-c2ccc(-c3ccccc3)o2)cc1. The Kier molecular flexibility index (Phi) is 14.9. The quantitative estimate of drug-likeness (QED) is 0.112. The molecule has 3 heteroatoms. The molecule has 0 radical (unpaired) electrons. The Bertz CT molecular complexity index is 2630. The fourth-order valence-corrected chi connectivity index (χ4v) is 15.1. The van der Waals surface area contributed by atoms with Crippen molar-refractivity contribution >= 4 is 28.8 Å². The molecule has 0 bridgehead atoms. The van der Waals surface area contributed by atoms with Crippen LogP contribution in [0, 0.1) is 17.8 Å². The van der Waals surface area contributed by atoms with Crippen LogP contribution in [0.5, 0.6) is 0 Å². The first-order valence-corrected chi connectivity index (χ1v) is 24.8. The highest BCUT2D eigenvalue weighted by atomic mass is 28.3. The molecule has 0 atom stereocenters. The summed E-state index contributed by atoms with van der Waals surface area (Å²) in [5.41, 5.74) is 6.84. The van der Waals surface area contributed by atoms with Crippen LogP contribution < -0.4 is 20.7 Å². The maximum absolute atomic E-state index is 6.92. The molecule has 2 aromatic heterocycles. The highest BCUT2D eigenvalue weighted by Crippen LogP contribution is 2.45. The molecule has 330 valence electrons. The third-order valence-electron chi connectivity index (χ3n) is 12.6. The van der Waals surface area contributed by atoms with E-state index in [2.05, 4.69) is 186 Å². The van der Waals surface area contributed by atoms with Crippen LogP contribution in [-0.2, 0) is 0 Å². The van der Waals surface area contributed by atoms with E-state index in [-0.39, 0.29) is 8.85 Å². The van der Waals surface area contributed by atoms with E-state index in [0.717, 1.165) is 45.3 Å². The Morgan fingerprint density at radius 3 is 1.02 bits per heavy atom. The van der Waals surface area contributed by atoms with Gasteiger partial charge in [0, 0.05) is 28.9 Å². The average molecular weight is 872 g/mol. The first-order chi connectivity index (χ1) is 31.1. The second-order valence-electron chi connectivity index (χ2n) is 18.6. The van der Waals surface area contributed by atoms with Gasteiger partial charge in [-0.1, -0.05) is 254 Å². The molecule has 0 N–H and O–H groups in total. The Morgan fingerprint density at radius 1 is 0.385 bits per heavy atom. The Labute approximate surface area is 391 Å². The molecule has 1 saturated carbocycles. The molecule has 2 nitrogen and oxygen atoms in total. The van der Waals surface area contributed by atoms with Gasteiger partial charge < -0.3 is 8.83 Å². The fourth-order valence-electron chi connectivity index (χ4n) is 9.99. The van der Waals surface area contributed by atoms with E-state index in [1.54, 1.807) is 0 Å². The summed E-state index contributed by atoms with van der Waals surface area (Å²) in [4.78, 5) is 0. The van der Waals surface area contributed by atoms with Crippen LogP contribution in [0.3, 0.4) is 0 Å². The zero-order valence-electron chi connectivity index (χ0n) is 38.0. The molecule has 10 rings (SSSR count). The van der Waals surface area contributed by atoms with Gasteiger partial charge in [0.05, 0.1) is 0 Å². The predicted octanol–water partition coefficient (Wildman–Crippen LogP) is 15.4. The van der Waals surface area contributed by atoms with E-state index in [4.69, 9.17) is 8.83 Å². The van der Waals surface area contributed by atoms with Crippen LogP contribution in [0.25, 0.3) is 45.3 Å². The van der Waals surface area contributed by atoms with Crippen LogP contribution in [0.15, 0.2) is 233 Å². The normalized spacial score (nSPS) is 13.8. The standard InChI is InChI=1S/C35H28OSi.C16H12O.C10H20.CH4.H2/c1-27-33(28-17-7-2-8-18-28)36-34(29-19-9-3-10-20-29)35(27)37(30-21-11-4-12-22-30,31-23-13-5-14-24-31)32-25-15-6-16-26-32;1-3-7-13(8-4-1)15-11-12-16(17-15)14-9-5-2-6-10-14;1-9(2)6-5-7-10(3,4)8-9;;/h2-26H,1H3;1-12H;5-8H2,1-4H3;1H4;1H/i;;;;1+1. The Morgan fingerprint density at radius 2 is 0.692 bits per heavy atom. The number of benzene rings is 7. The van der Waals surface area contributed by atoms with Gasteiger partial charge in [-0.05, 0) is 70.3 Å². The van der Waals surface area contributed by atoms with Gasteiger partial charge >= 0.3 is 0 Å². The van der Waals surface area contributed by atoms with Crippen molar-refractivity contribution in [1.82, 2.24) is 0 Å². The van der Waals surface area contributed by atoms with Crippen LogP contribution in [-0.4, -0.2) is 8.07 Å². The molecule has 65 heavy (non-hydrogen) atoms. The number of rotatable bonds is 8. The molecule has 0 amide bonds. The van der Waals surface area contributed by atoms with Crippen LogP contribution >= 0.6 is 0 Å². The zero-order chi connectivity index (χ0) is 44.4. The van der Waals surface area contributed by atoms with Gasteiger partial charge in [0.1, 0.15) is 23.0 Å². The summed E-state index contributed by atoms with van der Waals surface area (Å²) in [6.07, 6.45) is 5.69. The summed E-state index contributed by atoms with van der Waals surface area (Å²) in [6.45, 7) is 11.8. The maximum Gasteiger partial charge on any atom is 0.184 e. The van der Waals surface area contributed by atoms with Crippen molar-refractivity contribution in [1.29, 1.82) is 0 Å². The zero-order valence-corrected chi connectivity index (χ0v) is 39.0. The summed E-state index contributed by atoms with van der Waals surface area (Å²) in [7, 11) is -2.78. The van der Waals surface area contributed by atoms with E-state index in [1.807, 2.05) is 72.8 Å². The van der Waals surface area contributed by atoms with Crippen molar-refractivity contribution in [2.45, 2.75) is 67.7 Å². The van der Waals surface area contributed by atoms with E-state index in [0.29, 0.717) is 10.8 Å². The van der Waals surface area contributed by atoms with Gasteiger partial charge in [-0.25, -0.2) is 0 Å². The maximum atomic E-state index is 6.92. The molecule has 1 aliphatic rings. The molecule has 0 spiro atoms. The molecule has 1 aliphatic carbocycles. The molecule has 0 saturated heterocycles. The predicted molar refractivity (Wildman–Crippen MR) is 282 cm³/mol. The monoisotopic (exact) mass is 871 g/mol. The van der Waals surface area contributed by atoms with Crippen molar-refractivity contribution in [2.24, 2.45) is 10.8 Å². The molecule has 1 fully saturated rings. The number of hydrogen-bond donors (Lipinski definition) is 0. The third-order valence-corrected chi connectivity index (χ3v) is 17.6. The fraction of sp³-hybridized carbons (Fsp3) is 0.194. The topological polar surface area (TPSA) is 26.3 Å². The van der Waals surface area contributed by atoms with Gasteiger partial charge in [0.25, 0.3) is 0 Å². The first-order valence-electron chi connectivity index (χ1n) is 22.8. The van der Waals surface area contributed by atoms with Gasteiger partial charge in [-0.15, -0.1) is 0 Å². The van der Waals surface area contributed by atoms with Crippen molar-refractivity contribution < 1.29 is 10.3 Å². The molecule has 7 aromatic carbocycles. The molecule has 0 aliphatic heterocycles. The second kappa shape index (κ2) is 20.9. The average Bonchev–Trinajstić information content (AvgIpc) is 3.97. The van der Waals surface area contributed by atoms with Gasteiger partial charge in [0.15, 0.2) is 8.07 Å². The molecular formula is C62H66O2Si. The highest BCUT2D eigenvalue weighted by molar-refractivity contribution is 7.20. The molecular weight excluding hydrogens is 805 g/mol. The van der Waals surface area contributed by atoms with E-state index < -0.39 is 8.07 Å². The molecule has 2 heterocycles. The van der Waals surface area contributed by atoms with Crippen molar-refractivity contribution in [3.8, 4) is 45.3 Å². The third kappa shape index (κ3) is 10.7. The van der Waals surface area contributed by atoms with Crippen LogP contribution in [0.4, 0.5) is 0 Å². The van der Waals surface area contributed by atoms with E-state index in [9.17, 15) is 0 Å². The minimum atomic E-state index is -2.78. The lowest BCUT2D eigenvalue weighted by molar-refractivity contribution is 0.116.